The van der Waals surface area contributed by atoms with Crippen molar-refractivity contribution in [3.63, 3.8) is 0 Å². The van der Waals surface area contributed by atoms with Gasteiger partial charge in [0.05, 0.1) is 6.54 Å². The second-order valence-corrected chi connectivity index (χ2v) is 5.16. The largest absolute Gasteiger partial charge is 0.352 e. The number of benzene rings is 2. The van der Waals surface area contributed by atoms with Gasteiger partial charge < -0.3 is 10.2 Å². The summed E-state index contributed by atoms with van der Waals surface area (Å²) in [5.74, 6) is 1.00. The quantitative estimate of drug-likeness (QED) is 0.809. The van der Waals surface area contributed by atoms with Crippen LogP contribution in [0.25, 0.3) is 10.8 Å². The fourth-order valence-electron chi connectivity index (χ4n) is 2.37. The Hall–Kier alpha value is -1.30. The molecule has 20 heavy (non-hydrogen) atoms. The van der Waals surface area contributed by atoms with Crippen molar-refractivity contribution in [1.29, 1.82) is 0 Å². The van der Waals surface area contributed by atoms with E-state index in [0.717, 1.165) is 19.0 Å². The normalized spacial score (nSPS) is 17.8. The van der Waals surface area contributed by atoms with E-state index in [-0.39, 0.29) is 24.0 Å². The molecule has 1 aliphatic heterocycles. The highest BCUT2D eigenvalue weighted by Crippen LogP contribution is 2.15. The average Bonchev–Trinajstić information content (AvgIpc) is 2.76. The number of likely N-dealkylation sites (N-methyl/N-ethyl adjacent to an activating group) is 1. The van der Waals surface area contributed by atoms with Gasteiger partial charge in [-0.15, -0.1) is 24.0 Å². The summed E-state index contributed by atoms with van der Waals surface area (Å²) in [7, 11) is 2.09. The molecule has 0 bridgehead atoms. The van der Waals surface area contributed by atoms with Gasteiger partial charge in [-0.2, -0.15) is 0 Å². The van der Waals surface area contributed by atoms with Gasteiger partial charge in [-0.3, -0.25) is 4.99 Å². The van der Waals surface area contributed by atoms with E-state index in [9.17, 15) is 0 Å². The van der Waals surface area contributed by atoms with Crippen molar-refractivity contribution in [2.45, 2.75) is 19.5 Å². The van der Waals surface area contributed by atoms with Crippen molar-refractivity contribution in [2.75, 3.05) is 13.6 Å². The van der Waals surface area contributed by atoms with Crippen molar-refractivity contribution >= 4 is 40.7 Å². The molecule has 0 aromatic heterocycles. The molecule has 0 saturated heterocycles. The van der Waals surface area contributed by atoms with Crippen LogP contribution in [-0.2, 0) is 6.54 Å². The van der Waals surface area contributed by atoms with E-state index in [4.69, 9.17) is 0 Å². The molecule has 0 aliphatic carbocycles. The first-order chi connectivity index (χ1) is 9.24. The molecule has 0 saturated carbocycles. The van der Waals surface area contributed by atoms with Gasteiger partial charge in [0, 0.05) is 19.6 Å². The maximum atomic E-state index is 4.51. The third kappa shape index (κ3) is 3.06. The molecule has 0 radical (unpaired) electrons. The summed E-state index contributed by atoms with van der Waals surface area (Å²) in [6, 6.07) is 15.5. The maximum Gasteiger partial charge on any atom is 0.194 e. The zero-order valence-electron chi connectivity index (χ0n) is 11.8. The molecule has 2 aromatic rings. The summed E-state index contributed by atoms with van der Waals surface area (Å²) >= 11 is 0. The molecular weight excluding hydrogens is 361 g/mol. The molecule has 0 spiro atoms. The molecule has 0 unspecified atom stereocenters. The Kier molecular flexibility index (Phi) is 4.86. The number of halogens is 1. The third-order valence-electron chi connectivity index (χ3n) is 3.77. The molecule has 3 nitrogen and oxygen atoms in total. The Morgan fingerprint density at radius 2 is 1.95 bits per heavy atom. The van der Waals surface area contributed by atoms with Gasteiger partial charge in [-0.25, -0.2) is 0 Å². The van der Waals surface area contributed by atoms with E-state index in [1.54, 1.807) is 0 Å². The van der Waals surface area contributed by atoms with Gasteiger partial charge in [0.1, 0.15) is 0 Å². The van der Waals surface area contributed by atoms with Crippen LogP contribution in [0.2, 0.25) is 0 Å². The van der Waals surface area contributed by atoms with Gasteiger partial charge in [0.15, 0.2) is 5.96 Å². The van der Waals surface area contributed by atoms with Crippen LogP contribution in [0.3, 0.4) is 0 Å². The minimum atomic E-state index is 0. The summed E-state index contributed by atoms with van der Waals surface area (Å²) < 4.78 is 0. The zero-order valence-corrected chi connectivity index (χ0v) is 14.2. The minimum absolute atomic E-state index is 0. The number of fused-ring (bicyclic) bond motifs is 1. The number of nitrogens with zero attached hydrogens (tertiary/aromatic N) is 2. The lowest BCUT2D eigenvalue weighted by Gasteiger charge is -2.20. The second kappa shape index (κ2) is 6.43. The number of guanidine groups is 1. The van der Waals surface area contributed by atoms with Crippen molar-refractivity contribution in [1.82, 2.24) is 10.2 Å². The highest BCUT2D eigenvalue weighted by Gasteiger charge is 2.19. The molecule has 4 heteroatoms. The summed E-state index contributed by atoms with van der Waals surface area (Å²) in [5.41, 5.74) is 1.29. The molecule has 3 rings (SSSR count). The highest BCUT2D eigenvalue weighted by molar-refractivity contribution is 14.0. The summed E-state index contributed by atoms with van der Waals surface area (Å²) in [4.78, 5) is 6.70. The number of aliphatic imine (C=N–C) groups is 1. The first-order valence-electron chi connectivity index (χ1n) is 6.73. The molecule has 2 aromatic carbocycles. The molecular formula is C16H20IN3. The number of nitrogens with one attached hydrogen (secondary N) is 1. The van der Waals surface area contributed by atoms with E-state index in [1.807, 2.05) is 0 Å². The monoisotopic (exact) mass is 381 g/mol. The third-order valence-corrected chi connectivity index (χ3v) is 3.77. The fourth-order valence-corrected chi connectivity index (χ4v) is 2.37. The average molecular weight is 381 g/mol. The van der Waals surface area contributed by atoms with Crippen molar-refractivity contribution < 1.29 is 0 Å². The van der Waals surface area contributed by atoms with Crippen LogP contribution in [0.15, 0.2) is 47.5 Å². The van der Waals surface area contributed by atoms with E-state index in [0.29, 0.717) is 6.04 Å². The van der Waals surface area contributed by atoms with Crippen molar-refractivity contribution in [2.24, 2.45) is 4.99 Å². The predicted molar refractivity (Wildman–Crippen MR) is 95.7 cm³/mol. The standard InChI is InChI=1S/C16H19N3.HI/c1-12-10-17-16(19(12)2)18-11-13-7-8-14-5-3-4-6-15(14)9-13;/h3-9,12H,10-11H2,1-2H3,(H,17,18);1H/t12-;/m0./s1. The smallest absolute Gasteiger partial charge is 0.194 e. The van der Waals surface area contributed by atoms with E-state index >= 15 is 0 Å². The van der Waals surface area contributed by atoms with Crippen LogP contribution < -0.4 is 5.32 Å². The lowest BCUT2D eigenvalue weighted by Crippen LogP contribution is -2.39. The predicted octanol–water partition coefficient (Wildman–Crippen LogP) is 3.24. The number of hydrogen-bond donors (Lipinski definition) is 1. The van der Waals surface area contributed by atoms with E-state index < -0.39 is 0 Å². The summed E-state index contributed by atoms with van der Waals surface area (Å²) in [5, 5.41) is 5.99. The molecule has 106 valence electrons. The molecule has 1 heterocycles. The molecule has 1 aliphatic rings. The minimum Gasteiger partial charge on any atom is -0.352 e. The zero-order chi connectivity index (χ0) is 13.2. The molecule has 0 amide bonds. The SMILES string of the molecule is C[C@H]1CN=C(NCc2ccc3ccccc3c2)N1C.I. The van der Waals surface area contributed by atoms with Crippen LogP contribution >= 0.6 is 24.0 Å². The Labute approximate surface area is 137 Å². The van der Waals surface area contributed by atoms with Crippen LogP contribution in [0.4, 0.5) is 0 Å². The second-order valence-electron chi connectivity index (χ2n) is 5.16. The van der Waals surface area contributed by atoms with Gasteiger partial charge in [-0.05, 0) is 29.3 Å². The lowest BCUT2D eigenvalue weighted by atomic mass is 10.1. The Balaban J connectivity index is 0.00000147. The van der Waals surface area contributed by atoms with E-state index in [1.165, 1.54) is 16.3 Å². The Bertz CT molecular complexity index is 624. The van der Waals surface area contributed by atoms with Crippen molar-refractivity contribution in [3.05, 3.63) is 48.0 Å². The van der Waals surface area contributed by atoms with Crippen LogP contribution in [0.1, 0.15) is 12.5 Å². The number of rotatable bonds is 2. The molecule has 0 fully saturated rings. The van der Waals surface area contributed by atoms with Gasteiger partial charge in [-0.1, -0.05) is 36.4 Å². The van der Waals surface area contributed by atoms with Crippen molar-refractivity contribution in [3.8, 4) is 0 Å². The maximum absolute atomic E-state index is 4.51. The molecule has 1 N–H and O–H groups in total. The summed E-state index contributed by atoms with van der Waals surface area (Å²) in [6.07, 6.45) is 0. The van der Waals surface area contributed by atoms with Crippen LogP contribution in [0.5, 0.6) is 0 Å². The fraction of sp³-hybridized carbons (Fsp3) is 0.312. The van der Waals surface area contributed by atoms with Crippen LogP contribution in [0, 0.1) is 0 Å². The first kappa shape index (κ1) is 15.1. The summed E-state index contributed by atoms with van der Waals surface area (Å²) in [6.45, 7) is 3.89. The number of hydrogen-bond acceptors (Lipinski definition) is 3. The Morgan fingerprint density at radius 3 is 2.65 bits per heavy atom. The van der Waals surface area contributed by atoms with Gasteiger partial charge in [0.25, 0.3) is 0 Å². The first-order valence-corrected chi connectivity index (χ1v) is 6.73. The van der Waals surface area contributed by atoms with E-state index in [2.05, 4.69) is 71.6 Å². The van der Waals surface area contributed by atoms with Gasteiger partial charge in [0.2, 0.25) is 0 Å². The van der Waals surface area contributed by atoms with Gasteiger partial charge >= 0.3 is 0 Å². The topological polar surface area (TPSA) is 27.6 Å². The van der Waals surface area contributed by atoms with Crippen LogP contribution in [-0.4, -0.2) is 30.5 Å². The lowest BCUT2D eigenvalue weighted by molar-refractivity contribution is 0.420. The Morgan fingerprint density at radius 1 is 1.20 bits per heavy atom. The molecule has 1 atom stereocenters. The highest BCUT2D eigenvalue weighted by atomic mass is 127.